The fraction of sp³-hybridized carbons (Fsp3) is 0.368. The number of nitrogens with zero attached hydrogens (tertiary/aromatic N) is 2. The molecule has 2 aromatic rings. The van der Waals surface area contributed by atoms with Gasteiger partial charge in [-0.2, -0.15) is 0 Å². The van der Waals surface area contributed by atoms with E-state index in [1.807, 2.05) is 0 Å². The summed E-state index contributed by atoms with van der Waals surface area (Å²) in [4.78, 5) is 18.1. The van der Waals surface area contributed by atoms with Crippen molar-refractivity contribution in [3.8, 4) is 5.75 Å². The summed E-state index contributed by atoms with van der Waals surface area (Å²) in [5, 5.41) is 30.1. The second-order valence-corrected chi connectivity index (χ2v) is 6.79. The van der Waals surface area contributed by atoms with Crippen molar-refractivity contribution in [3.63, 3.8) is 0 Å². The van der Waals surface area contributed by atoms with Crippen LogP contribution in [0.3, 0.4) is 0 Å². The van der Waals surface area contributed by atoms with Gasteiger partial charge in [0.1, 0.15) is 11.6 Å². The number of aliphatic hydroxyl groups excluding tert-OH is 2. The number of benzene rings is 1. The van der Waals surface area contributed by atoms with Crippen LogP contribution in [0, 0.1) is 11.2 Å². The normalized spacial score (nSPS) is 23.0. The zero-order chi connectivity index (χ0) is 18.7. The Hall–Kier alpha value is -2.51. The number of amides is 1. The Morgan fingerprint density at radius 3 is 2.69 bits per heavy atom. The minimum absolute atomic E-state index is 0.104. The number of aliphatic hydroxyl groups is 2. The number of hydrogen-bond donors (Lipinski definition) is 3. The number of likely N-dealkylation sites (tertiary alicyclic amines) is 1. The van der Waals surface area contributed by atoms with Crippen LogP contribution in [0.1, 0.15) is 22.3 Å². The molecule has 3 N–H and O–H groups in total. The third kappa shape index (κ3) is 3.68. The number of carbonyl (C=O) groups is 1. The van der Waals surface area contributed by atoms with E-state index < -0.39 is 11.5 Å². The molecular weight excluding hydrogens is 339 g/mol. The highest BCUT2D eigenvalue weighted by Crippen LogP contribution is 2.34. The van der Waals surface area contributed by atoms with Gasteiger partial charge in [-0.1, -0.05) is 12.1 Å². The van der Waals surface area contributed by atoms with Crippen LogP contribution in [-0.4, -0.2) is 56.9 Å². The molecule has 3 rings (SSSR count). The number of pyridine rings is 1. The number of hydrogen-bond acceptors (Lipinski definition) is 5. The summed E-state index contributed by atoms with van der Waals surface area (Å²) in [6, 6.07) is 7.22. The van der Waals surface area contributed by atoms with Crippen molar-refractivity contribution in [2.24, 2.45) is 5.41 Å². The number of piperidine rings is 1. The van der Waals surface area contributed by atoms with Crippen molar-refractivity contribution in [2.45, 2.75) is 18.9 Å². The summed E-state index contributed by atoms with van der Waals surface area (Å²) in [6.45, 7) is 0.172. The quantitative estimate of drug-likeness (QED) is 0.765. The van der Waals surface area contributed by atoms with Gasteiger partial charge in [-0.3, -0.25) is 9.78 Å². The van der Waals surface area contributed by atoms with Gasteiger partial charge < -0.3 is 20.2 Å². The van der Waals surface area contributed by atoms with Crippen LogP contribution >= 0.6 is 0 Å². The van der Waals surface area contributed by atoms with Crippen LogP contribution < -0.4 is 0 Å². The molecule has 1 saturated heterocycles. The first kappa shape index (κ1) is 18.3. The zero-order valence-electron chi connectivity index (χ0n) is 14.2. The molecule has 1 aromatic carbocycles. The maximum Gasteiger partial charge on any atom is 0.255 e. The molecule has 6 nitrogen and oxygen atoms in total. The monoisotopic (exact) mass is 360 g/mol. The summed E-state index contributed by atoms with van der Waals surface area (Å²) < 4.78 is 13.1. The molecule has 2 atom stereocenters. The van der Waals surface area contributed by atoms with E-state index in [0.717, 1.165) is 5.56 Å². The first-order chi connectivity index (χ1) is 12.4. The lowest BCUT2D eigenvalue weighted by molar-refractivity contribution is -0.0668. The Kier molecular flexibility index (Phi) is 5.20. The standard InChI is InChI=1S/C19H21FN2O4/c20-15-3-1-13(2-4-15)8-19(12-23)11-22(6-5-17(19)25)18(26)14-7-16(24)10-21-9-14/h1-4,7,9-10,17,23-25H,5-6,8,11-12H2/t17-,19-/m0/s1. The maximum atomic E-state index is 13.1. The van der Waals surface area contributed by atoms with Crippen molar-refractivity contribution >= 4 is 5.91 Å². The molecule has 0 saturated carbocycles. The van der Waals surface area contributed by atoms with E-state index >= 15 is 0 Å². The summed E-state index contributed by atoms with van der Waals surface area (Å²) in [5.74, 6) is -0.783. The van der Waals surface area contributed by atoms with Gasteiger partial charge in [0, 0.05) is 24.7 Å². The highest BCUT2D eigenvalue weighted by molar-refractivity contribution is 5.94. The van der Waals surface area contributed by atoms with Crippen molar-refractivity contribution in [1.82, 2.24) is 9.88 Å². The average Bonchev–Trinajstić information content (AvgIpc) is 2.65. The Bertz CT molecular complexity index is 783. The van der Waals surface area contributed by atoms with E-state index in [2.05, 4.69) is 4.98 Å². The molecule has 0 spiro atoms. The second-order valence-electron chi connectivity index (χ2n) is 6.79. The smallest absolute Gasteiger partial charge is 0.255 e. The third-order valence-corrected chi connectivity index (χ3v) is 4.93. The van der Waals surface area contributed by atoms with Gasteiger partial charge >= 0.3 is 0 Å². The molecule has 2 heterocycles. The summed E-state index contributed by atoms with van der Waals surface area (Å²) in [6.07, 6.45) is 2.45. The van der Waals surface area contributed by atoms with E-state index in [9.17, 15) is 24.5 Å². The predicted octanol–water partition coefficient (Wildman–Crippen LogP) is 1.35. The molecule has 7 heteroatoms. The molecule has 1 amide bonds. The van der Waals surface area contributed by atoms with Crippen molar-refractivity contribution < 1.29 is 24.5 Å². The minimum atomic E-state index is -0.935. The number of rotatable bonds is 4. The molecular formula is C19H21FN2O4. The number of aromatic hydroxyl groups is 1. The van der Waals surface area contributed by atoms with E-state index in [0.29, 0.717) is 19.4 Å². The first-order valence-electron chi connectivity index (χ1n) is 8.40. The summed E-state index contributed by atoms with van der Waals surface area (Å²) in [7, 11) is 0. The van der Waals surface area contributed by atoms with Crippen molar-refractivity contribution in [3.05, 3.63) is 59.7 Å². The Balaban J connectivity index is 1.83. The Morgan fingerprint density at radius 1 is 1.31 bits per heavy atom. The Morgan fingerprint density at radius 2 is 2.04 bits per heavy atom. The van der Waals surface area contributed by atoms with Crippen molar-refractivity contribution in [2.75, 3.05) is 19.7 Å². The maximum absolute atomic E-state index is 13.1. The molecule has 1 aromatic heterocycles. The van der Waals surface area contributed by atoms with Crippen LogP contribution in [0.4, 0.5) is 4.39 Å². The molecule has 1 fully saturated rings. The van der Waals surface area contributed by atoms with Gasteiger partial charge in [-0.05, 0) is 36.6 Å². The molecule has 26 heavy (non-hydrogen) atoms. The van der Waals surface area contributed by atoms with Crippen LogP contribution in [0.15, 0.2) is 42.7 Å². The molecule has 138 valence electrons. The fourth-order valence-corrected chi connectivity index (χ4v) is 3.44. The molecule has 0 aliphatic carbocycles. The second kappa shape index (κ2) is 7.39. The number of aromatic nitrogens is 1. The third-order valence-electron chi connectivity index (χ3n) is 4.93. The van der Waals surface area contributed by atoms with Gasteiger partial charge in [-0.25, -0.2) is 4.39 Å². The highest BCUT2D eigenvalue weighted by atomic mass is 19.1. The first-order valence-corrected chi connectivity index (χ1v) is 8.40. The van der Waals surface area contributed by atoms with Crippen LogP contribution in [0.5, 0.6) is 5.75 Å². The lowest BCUT2D eigenvalue weighted by Gasteiger charge is -2.45. The molecule has 0 unspecified atom stereocenters. The van der Waals surface area contributed by atoms with Gasteiger partial charge in [0.15, 0.2) is 0 Å². The van der Waals surface area contributed by atoms with E-state index in [1.54, 1.807) is 17.0 Å². The number of halogens is 1. The highest BCUT2D eigenvalue weighted by Gasteiger charge is 2.44. The van der Waals surface area contributed by atoms with E-state index in [4.69, 9.17) is 0 Å². The summed E-state index contributed by atoms with van der Waals surface area (Å²) >= 11 is 0. The minimum Gasteiger partial charge on any atom is -0.506 e. The van der Waals surface area contributed by atoms with E-state index in [-0.39, 0.29) is 36.2 Å². The van der Waals surface area contributed by atoms with Gasteiger partial charge in [0.2, 0.25) is 0 Å². The van der Waals surface area contributed by atoms with Gasteiger partial charge in [0.05, 0.1) is 24.5 Å². The van der Waals surface area contributed by atoms with Gasteiger partial charge in [-0.15, -0.1) is 0 Å². The SMILES string of the molecule is O=C(c1cncc(O)c1)N1CC[C@H](O)[C@@](CO)(Cc2ccc(F)cc2)C1. The van der Waals surface area contributed by atoms with Crippen molar-refractivity contribution in [1.29, 1.82) is 0 Å². The lowest BCUT2D eigenvalue weighted by atomic mass is 9.73. The van der Waals surface area contributed by atoms with Crippen LogP contribution in [0.25, 0.3) is 0 Å². The lowest BCUT2D eigenvalue weighted by Crippen LogP contribution is -2.56. The topological polar surface area (TPSA) is 93.9 Å². The van der Waals surface area contributed by atoms with Crippen LogP contribution in [0.2, 0.25) is 0 Å². The predicted molar refractivity (Wildman–Crippen MR) is 92.1 cm³/mol. The largest absolute Gasteiger partial charge is 0.506 e. The summed E-state index contributed by atoms with van der Waals surface area (Å²) in [5.41, 5.74) is 0.0820. The molecule has 0 radical (unpaired) electrons. The van der Waals surface area contributed by atoms with Crippen LogP contribution in [-0.2, 0) is 6.42 Å². The zero-order valence-corrected chi connectivity index (χ0v) is 14.2. The number of carbonyl (C=O) groups excluding carboxylic acids is 1. The Labute approximate surface area is 150 Å². The average molecular weight is 360 g/mol. The molecule has 1 aliphatic rings. The molecule has 0 bridgehead atoms. The fourth-order valence-electron chi connectivity index (χ4n) is 3.44. The molecule has 1 aliphatic heterocycles. The van der Waals surface area contributed by atoms with Gasteiger partial charge in [0.25, 0.3) is 5.91 Å². The van der Waals surface area contributed by atoms with E-state index in [1.165, 1.54) is 30.6 Å².